The Morgan fingerprint density at radius 1 is 1.19 bits per heavy atom. The highest BCUT2D eigenvalue weighted by atomic mass is 16.2. The zero-order valence-corrected chi connectivity index (χ0v) is 13.2. The lowest BCUT2D eigenvalue weighted by Gasteiger charge is -2.29. The lowest BCUT2D eigenvalue weighted by Crippen LogP contribution is -2.48. The molecule has 0 aromatic heterocycles. The van der Waals surface area contributed by atoms with Crippen molar-refractivity contribution in [1.29, 1.82) is 0 Å². The van der Waals surface area contributed by atoms with Gasteiger partial charge in [0.15, 0.2) is 0 Å². The highest BCUT2D eigenvalue weighted by Gasteiger charge is 2.23. The van der Waals surface area contributed by atoms with Crippen LogP contribution in [0.3, 0.4) is 0 Å². The number of carbonyl (C=O) groups is 2. The summed E-state index contributed by atoms with van der Waals surface area (Å²) in [7, 11) is 0. The minimum absolute atomic E-state index is 0.000216. The molecule has 0 spiro atoms. The molecule has 0 bridgehead atoms. The second-order valence-electron chi connectivity index (χ2n) is 6.36. The molecule has 0 radical (unpaired) electrons. The molecule has 0 saturated carbocycles. The normalized spacial score (nSPS) is 24.4. The molecule has 21 heavy (non-hydrogen) atoms. The first-order valence-electron chi connectivity index (χ1n) is 8.48. The van der Waals surface area contributed by atoms with Crippen molar-refractivity contribution in [3.05, 3.63) is 0 Å². The second kappa shape index (κ2) is 8.37. The minimum Gasteiger partial charge on any atom is -0.345 e. The topological polar surface area (TPSA) is 61.4 Å². The molecular formula is C16H29N3O2. The van der Waals surface area contributed by atoms with Crippen molar-refractivity contribution in [2.75, 3.05) is 19.6 Å². The third-order valence-corrected chi connectivity index (χ3v) is 4.55. The molecule has 2 amide bonds. The quantitative estimate of drug-likeness (QED) is 0.806. The summed E-state index contributed by atoms with van der Waals surface area (Å²) < 4.78 is 0. The molecule has 0 aliphatic carbocycles. The molecule has 2 aliphatic rings. The Bertz CT molecular complexity index is 347. The van der Waals surface area contributed by atoms with Gasteiger partial charge in [0.2, 0.25) is 11.8 Å². The number of hydrogen-bond acceptors (Lipinski definition) is 3. The van der Waals surface area contributed by atoms with E-state index >= 15 is 0 Å². The van der Waals surface area contributed by atoms with Gasteiger partial charge < -0.3 is 15.5 Å². The van der Waals surface area contributed by atoms with Crippen molar-refractivity contribution in [1.82, 2.24) is 15.5 Å². The van der Waals surface area contributed by atoms with Crippen LogP contribution < -0.4 is 10.6 Å². The molecule has 120 valence electrons. The lowest BCUT2D eigenvalue weighted by molar-refractivity contribution is -0.136. The Labute approximate surface area is 127 Å². The van der Waals surface area contributed by atoms with Crippen LogP contribution in [0.2, 0.25) is 0 Å². The van der Waals surface area contributed by atoms with E-state index in [9.17, 15) is 9.59 Å². The van der Waals surface area contributed by atoms with Crippen molar-refractivity contribution in [2.24, 2.45) is 0 Å². The monoisotopic (exact) mass is 295 g/mol. The zero-order valence-electron chi connectivity index (χ0n) is 13.2. The van der Waals surface area contributed by atoms with Crippen molar-refractivity contribution in [2.45, 2.75) is 70.4 Å². The number of hydrogen-bond donors (Lipinski definition) is 2. The number of likely N-dealkylation sites (tertiary alicyclic amines) is 1. The first-order chi connectivity index (χ1) is 10.2. The smallest absolute Gasteiger partial charge is 0.244 e. The van der Waals surface area contributed by atoms with E-state index < -0.39 is 6.04 Å². The Morgan fingerprint density at radius 2 is 1.95 bits per heavy atom. The maximum atomic E-state index is 12.2. The highest BCUT2D eigenvalue weighted by molar-refractivity contribution is 5.87. The number of carbonyl (C=O) groups excluding carboxylic acids is 2. The maximum absolute atomic E-state index is 12.2. The summed E-state index contributed by atoms with van der Waals surface area (Å²) in [6.07, 6.45) is 8.41. The zero-order chi connectivity index (χ0) is 15.1. The van der Waals surface area contributed by atoms with Crippen LogP contribution >= 0.6 is 0 Å². The van der Waals surface area contributed by atoms with E-state index in [1.54, 1.807) is 6.92 Å². The standard InChI is InChI=1S/C16H29N3O2/c1-13(16(21)19-11-5-2-6-12-19)18-15(20)9-8-14-7-3-4-10-17-14/h13-14,17H,2-12H2,1H3,(H,18,20). The molecule has 2 saturated heterocycles. The molecule has 2 N–H and O–H groups in total. The molecule has 2 atom stereocenters. The Balaban J connectivity index is 1.67. The van der Waals surface area contributed by atoms with E-state index in [4.69, 9.17) is 0 Å². The first-order valence-corrected chi connectivity index (χ1v) is 8.48. The Kier molecular flexibility index (Phi) is 6.49. The molecule has 2 heterocycles. The van der Waals surface area contributed by atoms with Gasteiger partial charge in [0.05, 0.1) is 0 Å². The summed E-state index contributed by atoms with van der Waals surface area (Å²) in [5, 5.41) is 6.31. The van der Waals surface area contributed by atoms with Gasteiger partial charge in [-0.1, -0.05) is 6.42 Å². The molecule has 5 nitrogen and oxygen atoms in total. The molecular weight excluding hydrogens is 266 g/mol. The Morgan fingerprint density at radius 3 is 2.62 bits per heavy atom. The fourth-order valence-corrected chi connectivity index (χ4v) is 3.24. The van der Waals surface area contributed by atoms with Gasteiger partial charge in [-0.05, 0) is 52.0 Å². The average Bonchev–Trinajstić information content (AvgIpc) is 2.54. The van der Waals surface area contributed by atoms with Crippen LogP contribution in [0.4, 0.5) is 0 Å². The fraction of sp³-hybridized carbons (Fsp3) is 0.875. The van der Waals surface area contributed by atoms with Crippen LogP contribution in [-0.4, -0.2) is 48.4 Å². The van der Waals surface area contributed by atoms with Gasteiger partial charge in [0.1, 0.15) is 6.04 Å². The van der Waals surface area contributed by atoms with Gasteiger partial charge in [-0.15, -0.1) is 0 Å². The summed E-state index contributed by atoms with van der Waals surface area (Å²) in [4.78, 5) is 26.1. The number of nitrogens with zero attached hydrogens (tertiary/aromatic N) is 1. The van der Waals surface area contributed by atoms with Crippen LogP contribution in [0.5, 0.6) is 0 Å². The van der Waals surface area contributed by atoms with Gasteiger partial charge in [-0.3, -0.25) is 9.59 Å². The largest absolute Gasteiger partial charge is 0.345 e. The maximum Gasteiger partial charge on any atom is 0.244 e. The first kappa shape index (κ1) is 16.3. The van der Waals surface area contributed by atoms with E-state index in [1.165, 1.54) is 19.3 Å². The SMILES string of the molecule is CC(NC(=O)CCC1CCCCN1)C(=O)N1CCCCC1. The van der Waals surface area contributed by atoms with E-state index in [0.717, 1.165) is 45.3 Å². The summed E-state index contributed by atoms with van der Waals surface area (Å²) in [6.45, 7) is 4.54. The molecule has 2 rings (SSSR count). The Hall–Kier alpha value is -1.10. The van der Waals surface area contributed by atoms with Gasteiger partial charge in [0.25, 0.3) is 0 Å². The number of rotatable bonds is 5. The van der Waals surface area contributed by atoms with Crippen molar-refractivity contribution >= 4 is 11.8 Å². The third-order valence-electron chi connectivity index (χ3n) is 4.55. The summed E-state index contributed by atoms with van der Waals surface area (Å²) in [5.41, 5.74) is 0. The van der Waals surface area contributed by atoms with Crippen molar-refractivity contribution in [3.8, 4) is 0 Å². The molecule has 0 aromatic carbocycles. The molecule has 0 aromatic rings. The van der Waals surface area contributed by atoms with Crippen molar-refractivity contribution < 1.29 is 9.59 Å². The van der Waals surface area contributed by atoms with Crippen LogP contribution in [0.25, 0.3) is 0 Å². The van der Waals surface area contributed by atoms with Crippen LogP contribution in [0.1, 0.15) is 58.3 Å². The van der Waals surface area contributed by atoms with Crippen LogP contribution in [0, 0.1) is 0 Å². The van der Waals surface area contributed by atoms with Gasteiger partial charge in [-0.25, -0.2) is 0 Å². The molecule has 2 fully saturated rings. The van der Waals surface area contributed by atoms with E-state index in [0.29, 0.717) is 12.5 Å². The van der Waals surface area contributed by atoms with E-state index in [2.05, 4.69) is 10.6 Å². The van der Waals surface area contributed by atoms with Gasteiger partial charge >= 0.3 is 0 Å². The highest BCUT2D eigenvalue weighted by Crippen LogP contribution is 2.12. The minimum atomic E-state index is -0.394. The van der Waals surface area contributed by atoms with E-state index in [-0.39, 0.29) is 11.8 Å². The van der Waals surface area contributed by atoms with Gasteiger partial charge in [-0.2, -0.15) is 0 Å². The van der Waals surface area contributed by atoms with Crippen LogP contribution in [0.15, 0.2) is 0 Å². The number of amides is 2. The van der Waals surface area contributed by atoms with Crippen molar-refractivity contribution in [3.63, 3.8) is 0 Å². The lowest BCUT2D eigenvalue weighted by atomic mass is 10.0. The number of piperidine rings is 2. The van der Waals surface area contributed by atoms with Crippen LogP contribution in [-0.2, 0) is 9.59 Å². The summed E-state index contributed by atoms with van der Waals surface area (Å²) in [5.74, 6) is 0.0686. The fourth-order valence-electron chi connectivity index (χ4n) is 3.24. The summed E-state index contributed by atoms with van der Waals surface area (Å²) in [6, 6.07) is 0.0764. The van der Waals surface area contributed by atoms with Gasteiger partial charge in [0, 0.05) is 25.6 Å². The average molecular weight is 295 g/mol. The molecule has 2 aliphatic heterocycles. The number of nitrogens with one attached hydrogen (secondary N) is 2. The molecule has 5 heteroatoms. The summed E-state index contributed by atoms with van der Waals surface area (Å²) >= 11 is 0. The predicted octanol–water partition coefficient (Wildman–Crippen LogP) is 1.43. The third kappa shape index (κ3) is 5.30. The van der Waals surface area contributed by atoms with E-state index in [1.807, 2.05) is 4.90 Å². The predicted molar refractivity (Wildman–Crippen MR) is 82.9 cm³/mol. The molecule has 2 unspecified atom stereocenters. The second-order valence-corrected chi connectivity index (χ2v) is 6.36.